The van der Waals surface area contributed by atoms with Crippen LogP contribution in [0, 0.1) is 10.1 Å². The molecule has 42 heavy (non-hydrogen) atoms. The van der Waals surface area contributed by atoms with E-state index in [0.29, 0.717) is 49.1 Å². The maximum Gasteiger partial charge on any atom is 0.311 e. The Morgan fingerprint density at radius 1 is 1.02 bits per heavy atom. The van der Waals surface area contributed by atoms with E-state index in [0.717, 1.165) is 23.9 Å². The van der Waals surface area contributed by atoms with Gasteiger partial charge in [-0.2, -0.15) is 0 Å². The minimum absolute atomic E-state index is 0.000580. The van der Waals surface area contributed by atoms with E-state index in [1.165, 1.54) is 19.2 Å². The first-order valence-electron chi connectivity index (χ1n) is 13.2. The number of nitrogens with zero attached hydrogens (tertiary/aromatic N) is 3. The van der Waals surface area contributed by atoms with E-state index < -0.39 is 10.8 Å². The molecule has 13 heteroatoms. The third-order valence-corrected chi connectivity index (χ3v) is 7.06. The molecule has 220 valence electrons. The average Bonchev–Trinajstić information content (AvgIpc) is 2.99. The third kappa shape index (κ3) is 7.45. The minimum Gasteiger partial charge on any atom is -0.494 e. The predicted octanol–water partition coefficient (Wildman–Crippen LogP) is 5.13. The number of ether oxygens (including phenoxy) is 2. The van der Waals surface area contributed by atoms with Gasteiger partial charge in [0.05, 0.1) is 29.4 Å². The lowest BCUT2D eigenvalue weighted by Gasteiger charge is -2.36. The van der Waals surface area contributed by atoms with Crippen molar-refractivity contribution >= 4 is 57.8 Å². The van der Waals surface area contributed by atoms with E-state index in [2.05, 4.69) is 15.5 Å². The van der Waals surface area contributed by atoms with E-state index in [9.17, 15) is 19.7 Å². The van der Waals surface area contributed by atoms with Gasteiger partial charge in [-0.25, -0.2) is 0 Å². The summed E-state index contributed by atoms with van der Waals surface area (Å²) in [6, 6.07) is 16.4. The normalized spacial score (nSPS) is 12.8. The van der Waals surface area contributed by atoms with Crippen LogP contribution in [0.1, 0.15) is 34.1 Å². The molecule has 3 aromatic carbocycles. The zero-order valence-electron chi connectivity index (χ0n) is 23.1. The van der Waals surface area contributed by atoms with Crippen molar-refractivity contribution in [1.29, 1.82) is 0 Å². The Kier molecular flexibility index (Phi) is 10.2. The number of piperazine rings is 1. The molecule has 1 aliphatic rings. The number of methoxy groups -OCH3 is 1. The first kappa shape index (κ1) is 30.5. The number of anilines is 2. The smallest absolute Gasteiger partial charge is 0.311 e. The molecular formula is C29H30ClN5O6S. The molecule has 1 heterocycles. The fraction of sp³-hybridized carbons (Fsp3) is 0.276. The van der Waals surface area contributed by atoms with Crippen LogP contribution in [0.5, 0.6) is 11.5 Å². The van der Waals surface area contributed by atoms with E-state index >= 15 is 0 Å². The summed E-state index contributed by atoms with van der Waals surface area (Å²) in [6.45, 7) is 4.98. The molecule has 1 saturated heterocycles. The number of thiocarbonyl (C=S) groups is 1. The second-order valence-electron chi connectivity index (χ2n) is 9.37. The predicted molar refractivity (Wildman–Crippen MR) is 165 cm³/mol. The lowest BCUT2D eigenvalue weighted by Crippen LogP contribution is -2.48. The summed E-state index contributed by atoms with van der Waals surface area (Å²) in [5.41, 5.74) is 1.70. The number of nitro benzene ring substituents is 1. The number of hydrogen-bond acceptors (Lipinski definition) is 8. The molecule has 11 nitrogen and oxygen atoms in total. The van der Waals surface area contributed by atoms with Gasteiger partial charge in [-0.1, -0.05) is 18.5 Å². The first-order valence-corrected chi connectivity index (χ1v) is 14.0. The Bertz CT molecular complexity index is 1480. The van der Waals surface area contributed by atoms with Gasteiger partial charge in [0.25, 0.3) is 11.8 Å². The molecule has 0 spiro atoms. The van der Waals surface area contributed by atoms with E-state index in [1.54, 1.807) is 24.3 Å². The number of nitrogens with one attached hydrogen (secondary N) is 2. The van der Waals surface area contributed by atoms with Crippen LogP contribution < -0.4 is 25.0 Å². The van der Waals surface area contributed by atoms with Crippen molar-refractivity contribution in [2.24, 2.45) is 0 Å². The van der Waals surface area contributed by atoms with Crippen LogP contribution in [0.2, 0.25) is 5.02 Å². The molecule has 1 aliphatic heterocycles. The number of amides is 2. The maximum absolute atomic E-state index is 13.0. The lowest BCUT2D eigenvalue weighted by atomic mass is 10.1. The zero-order chi connectivity index (χ0) is 30.2. The molecule has 0 aromatic heterocycles. The van der Waals surface area contributed by atoms with Crippen LogP contribution >= 0.6 is 23.8 Å². The molecule has 3 aromatic rings. The van der Waals surface area contributed by atoms with E-state index in [-0.39, 0.29) is 28.0 Å². The second kappa shape index (κ2) is 14.0. The molecule has 2 amide bonds. The molecule has 0 aliphatic carbocycles. The topological polar surface area (TPSA) is 126 Å². The molecule has 4 rings (SSSR count). The minimum atomic E-state index is -0.629. The fourth-order valence-electron chi connectivity index (χ4n) is 4.40. The fourth-order valence-corrected chi connectivity index (χ4v) is 4.91. The Labute approximate surface area is 253 Å². The molecule has 0 saturated carbocycles. The molecule has 2 N–H and O–H groups in total. The summed E-state index contributed by atoms with van der Waals surface area (Å²) >= 11 is 11.8. The Hall–Kier alpha value is -4.42. The highest BCUT2D eigenvalue weighted by molar-refractivity contribution is 7.80. The Balaban J connectivity index is 1.31. The van der Waals surface area contributed by atoms with Gasteiger partial charge in [0.15, 0.2) is 10.9 Å². The molecule has 1 fully saturated rings. The Morgan fingerprint density at radius 3 is 2.33 bits per heavy atom. The summed E-state index contributed by atoms with van der Waals surface area (Å²) in [4.78, 5) is 40.1. The van der Waals surface area contributed by atoms with Gasteiger partial charge in [0, 0.05) is 49.1 Å². The SMILES string of the molecule is CCCOc1ccc(C(=O)N2CCN(c3ccc(NC(=S)NC(=O)c4ccc(OC)c([N+](=O)[O-])c4)cc3Cl)CC2)cc1. The number of halogens is 1. The van der Waals surface area contributed by atoms with Gasteiger partial charge < -0.3 is 24.6 Å². The number of benzene rings is 3. The monoisotopic (exact) mass is 611 g/mol. The van der Waals surface area contributed by atoms with Crippen LogP contribution in [0.3, 0.4) is 0 Å². The zero-order valence-corrected chi connectivity index (χ0v) is 24.7. The quantitative estimate of drug-likeness (QED) is 0.192. The standard InChI is InChI=1S/C29H30ClN5O6S/c1-3-16-41-22-8-4-19(5-9-22)28(37)34-14-12-33(13-15-34)24-10-7-21(18-23(24)30)31-29(42)32-27(36)20-6-11-26(40-2)25(17-20)35(38)39/h4-11,17-18H,3,12-16H2,1-2H3,(H2,31,32,36,42). The second-order valence-corrected chi connectivity index (χ2v) is 10.2. The summed E-state index contributed by atoms with van der Waals surface area (Å²) < 4.78 is 10.6. The highest BCUT2D eigenvalue weighted by atomic mass is 35.5. The maximum atomic E-state index is 13.0. The first-order chi connectivity index (χ1) is 20.2. The number of carbonyl (C=O) groups excluding carboxylic acids is 2. The van der Waals surface area contributed by atoms with Crippen molar-refractivity contribution in [2.75, 3.05) is 50.1 Å². The van der Waals surface area contributed by atoms with Crippen molar-refractivity contribution in [1.82, 2.24) is 10.2 Å². The average molecular weight is 612 g/mol. The summed E-state index contributed by atoms with van der Waals surface area (Å²) in [5.74, 6) is 0.150. The van der Waals surface area contributed by atoms with Gasteiger partial charge in [0.1, 0.15) is 5.75 Å². The van der Waals surface area contributed by atoms with Gasteiger partial charge in [0.2, 0.25) is 0 Å². The van der Waals surface area contributed by atoms with Crippen LogP contribution in [0.15, 0.2) is 60.7 Å². The van der Waals surface area contributed by atoms with Crippen molar-refractivity contribution in [3.63, 3.8) is 0 Å². The highest BCUT2D eigenvalue weighted by Gasteiger charge is 2.24. The van der Waals surface area contributed by atoms with Crippen molar-refractivity contribution < 1.29 is 24.0 Å². The largest absolute Gasteiger partial charge is 0.494 e. The van der Waals surface area contributed by atoms with Crippen LogP contribution in [0.25, 0.3) is 0 Å². The van der Waals surface area contributed by atoms with E-state index in [4.69, 9.17) is 33.3 Å². The van der Waals surface area contributed by atoms with Gasteiger partial charge >= 0.3 is 5.69 Å². The molecule has 0 bridgehead atoms. The summed E-state index contributed by atoms with van der Waals surface area (Å²) in [6.07, 6.45) is 0.918. The van der Waals surface area contributed by atoms with Crippen LogP contribution in [-0.4, -0.2) is 66.6 Å². The third-order valence-electron chi connectivity index (χ3n) is 6.55. The summed E-state index contributed by atoms with van der Waals surface area (Å²) in [7, 11) is 1.31. The van der Waals surface area contributed by atoms with Crippen LogP contribution in [-0.2, 0) is 0 Å². The summed E-state index contributed by atoms with van der Waals surface area (Å²) in [5, 5.41) is 17.1. The number of rotatable bonds is 9. The van der Waals surface area contributed by atoms with Gasteiger partial charge in [-0.05, 0) is 73.2 Å². The molecular weight excluding hydrogens is 582 g/mol. The van der Waals surface area contributed by atoms with Gasteiger partial charge in [-0.3, -0.25) is 25.0 Å². The number of hydrogen-bond donors (Lipinski definition) is 2. The lowest BCUT2D eigenvalue weighted by molar-refractivity contribution is -0.385. The number of carbonyl (C=O) groups is 2. The van der Waals surface area contributed by atoms with Crippen molar-refractivity contribution in [3.8, 4) is 11.5 Å². The molecule has 0 radical (unpaired) electrons. The molecule has 0 unspecified atom stereocenters. The highest BCUT2D eigenvalue weighted by Crippen LogP contribution is 2.30. The van der Waals surface area contributed by atoms with Crippen molar-refractivity contribution in [3.05, 3.63) is 86.9 Å². The molecule has 0 atom stereocenters. The van der Waals surface area contributed by atoms with Crippen LogP contribution in [0.4, 0.5) is 17.1 Å². The van der Waals surface area contributed by atoms with E-state index in [1.807, 2.05) is 30.0 Å². The number of nitro groups is 1. The Morgan fingerprint density at radius 2 is 1.71 bits per heavy atom. The van der Waals surface area contributed by atoms with Gasteiger partial charge in [-0.15, -0.1) is 0 Å². The van der Waals surface area contributed by atoms with Crippen molar-refractivity contribution in [2.45, 2.75) is 13.3 Å².